The van der Waals surface area contributed by atoms with Gasteiger partial charge in [-0.05, 0) is 12.1 Å². The second-order valence-corrected chi connectivity index (χ2v) is 3.81. The van der Waals surface area contributed by atoms with Crippen molar-refractivity contribution in [3.63, 3.8) is 0 Å². The Morgan fingerprint density at radius 3 is 2.56 bits per heavy atom. The van der Waals surface area contributed by atoms with Crippen LogP contribution in [0.15, 0.2) is 29.1 Å². The minimum Gasteiger partial charge on any atom is -0.377 e. The SMILES string of the molecule is CN(C)c1ccccc1-c1nn(C)c(=O)[nH]1. The van der Waals surface area contributed by atoms with E-state index in [0.717, 1.165) is 11.3 Å². The highest BCUT2D eigenvalue weighted by Gasteiger charge is 2.10. The zero-order chi connectivity index (χ0) is 11.7. The topological polar surface area (TPSA) is 53.9 Å². The Hall–Kier alpha value is -2.04. The number of nitrogens with zero attached hydrogens (tertiary/aromatic N) is 3. The molecule has 2 rings (SSSR count). The first-order valence-corrected chi connectivity index (χ1v) is 4.99. The van der Waals surface area contributed by atoms with Crippen LogP contribution in [0.5, 0.6) is 0 Å². The fourth-order valence-electron chi connectivity index (χ4n) is 1.59. The standard InChI is InChI=1S/C11H14N4O/c1-14(2)9-7-5-4-6-8(9)10-12-11(16)15(3)13-10/h4-7H,1-3H3,(H,12,13,16). The molecule has 0 fully saturated rings. The van der Waals surface area contributed by atoms with Gasteiger partial charge in [-0.3, -0.25) is 4.98 Å². The summed E-state index contributed by atoms with van der Waals surface area (Å²) in [5.74, 6) is 0.594. The smallest absolute Gasteiger partial charge is 0.343 e. The van der Waals surface area contributed by atoms with Crippen LogP contribution in [0.3, 0.4) is 0 Å². The van der Waals surface area contributed by atoms with Crippen LogP contribution in [0.25, 0.3) is 11.4 Å². The lowest BCUT2D eigenvalue weighted by molar-refractivity contribution is 0.736. The fourth-order valence-corrected chi connectivity index (χ4v) is 1.59. The summed E-state index contributed by atoms with van der Waals surface area (Å²) in [6, 6.07) is 7.81. The normalized spacial score (nSPS) is 10.4. The molecule has 84 valence electrons. The molecule has 1 heterocycles. The molecule has 1 N–H and O–H groups in total. The molecular formula is C11H14N4O. The Balaban J connectivity index is 2.59. The molecule has 16 heavy (non-hydrogen) atoms. The molecule has 0 saturated carbocycles. The van der Waals surface area contributed by atoms with Gasteiger partial charge in [-0.15, -0.1) is 0 Å². The molecule has 0 aliphatic rings. The highest BCUT2D eigenvalue weighted by molar-refractivity contribution is 5.73. The van der Waals surface area contributed by atoms with Gasteiger partial charge in [-0.2, -0.15) is 5.10 Å². The quantitative estimate of drug-likeness (QED) is 0.812. The number of hydrogen-bond donors (Lipinski definition) is 1. The van der Waals surface area contributed by atoms with E-state index in [1.807, 2.05) is 43.3 Å². The average molecular weight is 218 g/mol. The van der Waals surface area contributed by atoms with Crippen molar-refractivity contribution in [2.24, 2.45) is 7.05 Å². The lowest BCUT2D eigenvalue weighted by Crippen LogP contribution is -2.13. The van der Waals surface area contributed by atoms with Gasteiger partial charge in [-0.1, -0.05) is 12.1 Å². The van der Waals surface area contributed by atoms with Crippen LogP contribution < -0.4 is 10.6 Å². The molecule has 0 atom stereocenters. The van der Waals surface area contributed by atoms with Gasteiger partial charge in [-0.25, -0.2) is 9.48 Å². The Bertz CT molecular complexity index is 553. The maximum absolute atomic E-state index is 11.3. The number of rotatable bonds is 2. The van der Waals surface area contributed by atoms with E-state index in [0.29, 0.717) is 5.82 Å². The Kier molecular flexibility index (Phi) is 2.52. The highest BCUT2D eigenvalue weighted by atomic mass is 16.1. The van der Waals surface area contributed by atoms with Crippen LogP contribution in [-0.4, -0.2) is 28.9 Å². The summed E-state index contributed by atoms with van der Waals surface area (Å²) in [5, 5.41) is 4.15. The summed E-state index contributed by atoms with van der Waals surface area (Å²) in [6.45, 7) is 0. The molecule has 0 aliphatic heterocycles. The van der Waals surface area contributed by atoms with Crippen molar-refractivity contribution in [3.05, 3.63) is 34.7 Å². The number of aromatic nitrogens is 3. The van der Waals surface area contributed by atoms with Gasteiger partial charge >= 0.3 is 5.69 Å². The molecule has 0 amide bonds. The summed E-state index contributed by atoms with van der Waals surface area (Å²) in [5.41, 5.74) is 1.74. The predicted molar refractivity (Wildman–Crippen MR) is 63.6 cm³/mol. The van der Waals surface area contributed by atoms with Gasteiger partial charge in [0.2, 0.25) is 0 Å². The molecule has 0 radical (unpaired) electrons. The van der Waals surface area contributed by atoms with Crippen molar-refractivity contribution in [2.75, 3.05) is 19.0 Å². The predicted octanol–water partition coefficient (Wildman–Crippen LogP) is 0.841. The van der Waals surface area contributed by atoms with Crippen LogP contribution in [0, 0.1) is 0 Å². The zero-order valence-corrected chi connectivity index (χ0v) is 9.56. The maximum Gasteiger partial charge on any atom is 0.343 e. The minimum absolute atomic E-state index is 0.205. The first kappa shape index (κ1) is 10.5. The van der Waals surface area contributed by atoms with Gasteiger partial charge < -0.3 is 4.90 Å². The summed E-state index contributed by atoms with van der Waals surface area (Å²) in [6.07, 6.45) is 0. The molecule has 1 aromatic heterocycles. The van der Waals surface area contributed by atoms with Crippen LogP contribution in [0.1, 0.15) is 0 Å². The number of benzene rings is 1. The minimum atomic E-state index is -0.205. The lowest BCUT2D eigenvalue weighted by Gasteiger charge is -2.15. The molecule has 1 aromatic carbocycles. The summed E-state index contributed by atoms with van der Waals surface area (Å²) in [4.78, 5) is 16.0. The maximum atomic E-state index is 11.3. The largest absolute Gasteiger partial charge is 0.377 e. The highest BCUT2D eigenvalue weighted by Crippen LogP contribution is 2.25. The number of para-hydroxylation sites is 1. The van der Waals surface area contributed by atoms with E-state index < -0.39 is 0 Å². The third-order valence-corrected chi connectivity index (χ3v) is 2.41. The van der Waals surface area contributed by atoms with E-state index in [4.69, 9.17) is 0 Å². The number of aryl methyl sites for hydroxylation is 1. The van der Waals surface area contributed by atoms with Gasteiger partial charge in [0.25, 0.3) is 0 Å². The lowest BCUT2D eigenvalue weighted by atomic mass is 10.1. The molecule has 5 nitrogen and oxygen atoms in total. The number of nitrogens with one attached hydrogen (secondary N) is 1. The third kappa shape index (κ3) is 1.71. The molecule has 0 bridgehead atoms. The van der Waals surface area contributed by atoms with Crippen LogP contribution in [-0.2, 0) is 7.05 Å². The van der Waals surface area contributed by atoms with E-state index in [1.54, 1.807) is 7.05 Å². The molecule has 2 aromatic rings. The van der Waals surface area contributed by atoms with E-state index in [1.165, 1.54) is 4.68 Å². The van der Waals surface area contributed by atoms with Gasteiger partial charge in [0.1, 0.15) is 0 Å². The van der Waals surface area contributed by atoms with Gasteiger partial charge in [0.15, 0.2) is 5.82 Å². The zero-order valence-electron chi connectivity index (χ0n) is 9.56. The first-order valence-electron chi connectivity index (χ1n) is 4.99. The number of H-pyrrole nitrogens is 1. The molecule has 0 aliphatic carbocycles. The van der Waals surface area contributed by atoms with Crippen molar-refractivity contribution < 1.29 is 0 Å². The van der Waals surface area contributed by atoms with Crippen LogP contribution >= 0.6 is 0 Å². The number of aromatic amines is 1. The van der Waals surface area contributed by atoms with E-state index in [2.05, 4.69) is 10.1 Å². The molecule has 0 saturated heterocycles. The van der Waals surface area contributed by atoms with Crippen LogP contribution in [0.2, 0.25) is 0 Å². The van der Waals surface area contributed by atoms with E-state index in [9.17, 15) is 4.79 Å². The van der Waals surface area contributed by atoms with Crippen molar-refractivity contribution in [2.45, 2.75) is 0 Å². The molecular weight excluding hydrogens is 204 g/mol. The van der Waals surface area contributed by atoms with Gasteiger partial charge in [0, 0.05) is 32.4 Å². The Morgan fingerprint density at radius 2 is 2.00 bits per heavy atom. The summed E-state index contributed by atoms with van der Waals surface area (Å²) < 4.78 is 1.29. The summed E-state index contributed by atoms with van der Waals surface area (Å²) in [7, 11) is 5.54. The fraction of sp³-hybridized carbons (Fsp3) is 0.273. The van der Waals surface area contributed by atoms with Crippen molar-refractivity contribution >= 4 is 5.69 Å². The number of anilines is 1. The summed E-state index contributed by atoms with van der Waals surface area (Å²) >= 11 is 0. The third-order valence-electron chi connectivity index (χ3n) is 2.41. The first-order chi connectivity index (χ1) is 7.59. The molecule has 0 spiro atoms. The van der Waals surface area contributed by atoms with Crippen molar-refractivity contribution in [3.8, 4) is 11.4 Å². The second kappa shape index (κ2) is 3.84. The monoisotopic (exact) mass is 218 g/mol. The van der Waals surface area contributed by atoms with Crippen LogP contribution in [0.4, 0.5) is 5.69 Å². The Labute approximate surface area is 93.3 Å². The molecule has 0 unspecified atom stereocenters. The Morgan fingerprint density at radius 1 is 1.31 bits per heavy atom. The number of hydrogen-bond acceptors (Lipinski definition) is 3. The van der Waals surface area contributed by atoms with E-state index in [-0.39, 0.29) is 5.69 Å². The second-order valence-electron chi connectivity index (χ2n) is 3.81. The van der Waals surface area contributed by atoms with Crippen molar-refractivity contribution in [1.29, 1.82) is 0 Å². The van der Waals surface area contributed by atoms with Crippen molar-refractivity contribution in [1.82, 2.24) is 14.8 Å². The average Bonchev–Trinajstić information content (AvgIpc) is 2.59. The van der Waals surface area contributed by atoms with E-state index >= 15 is 0 Å². The molecule has 5 heteroatoms. The van der Waals surface area contributed by atoms with Gasteiger partial charge in [0.05, 0.1) is 0 Å².